The van der Waals surface area contributed by atoms with Gasteiger partial charge in [0.15, 0.2) is 0 Å². The zero-order chi connectivity index (χ0) is 12.8. The van der Waals surface area contributed by atoms with E-state index in [-0.39, 0.29) is 0 Å². The van der Waals surface area contributed by atoms with Gasteiger partial charge in [-0.2, -0.15) is 0 Å². The molecule has 0 radical (unpaired) electrons. The van der Waals surface area contributed by atoms with E-state index in [0.717, 1.165) is 6.54 Å². The molecule has 1 spiro atoms. The first kappa shape index (κ1) is 13.4. The predicted molar refractivity (Wildman–Crippen MR) is 79.1 cm³/mol. The highest BCUT2D eigenvalue weighted by atomic mass is 14.9. The van der Waals surface area contributed by atoms with E-state index in [1.807, 2.05) is 0 Å². The van der Waals surface area contributed by atoms with Crippen molar-refractivity contribution in [2.75, 3.05) is 25.0 Å². The lowest BCUT2D eigenvalue weighted by atomic mass is 9.72. The maximum Gasteiger partial charge on any atom is 0.0373 e. The fourth-order valence-electron chi connectivity index (χ4n) is 2.91. The van der Waals surface area contributed by atoms with Gasteiger partial charge in [0.25, 0.3) is 0 Å². The molecule has 2 heteroatoms. The first-order valence-corrected chi connectivity index (χ1v) is 7.32. The lowest BCUT2D eigenvalue weighted by Gasteiger charge is -2.42. The topological polar surface area (TPSA) is 24.1 Å². The summed E-state index contributed by atoms with van der Waals surface area (Å²) in [6.07, 6.45) is 5.14. The Morgan fingerprint density at radius 1 is 1.11 bits per heavy atom. The highest BCUT2D eigenvalue weighted by Crippen LogP contribution is 2.38. The Hall–Kier alpha value is -1.02. The highest BCUT2D eigenvalue weighted by molar-refractivity contribution is 5.53. The summed E-state index contributed by atoms with van der Waals surface area (Å²) in [5.41, 5.74) is 3.38. The van der Waals surface area contributed by atoms with Gasteiger partial charge in [-0.25, -0.2) is 0 Å². The van der Waals surface area contributed by atoms with Crippen molar-refractivity contribution >= 4 is 5.69 Å². The van der Waals surface area contributed by atoms with E-state index in [4.69, 9.17) is 0 Å². The van der Waals surface area contributed by atoms with Crippen LogP contribution in [0.25, 0.3) is 0 Å². The van der Waals surface area contributed by atoms with Crippen molar-refractivity contribution in [3.63, 3.8) is 0 Å². The smallest absolute Gasteiger partial charge is 0.0373 e. The zero-order valence-corrected chi connectivity index (χ0v) is 11.8. The molecule has 100 valence electrons. The van der Waals surface area contributed by atoms with Crippen LogP contribution < -0.4 is 10.6 Å². The Labute approximate surface area is 111 Å². The standard InChI is InChI=1S/C13H18N2.C3H8/c1-2-4-12-11(3-1)9-13(10-15-12)5-7-14-8-6-13;1-3-2/h1-4,14-15H,5-10H2;3H2,1-2H3. The number of rotatable bonds is 0. The quantitative estimate of drug-likeness (QED) is 0.733. The van der Waals surface area contributed by atoms with Gasteiger partial charge in [-0.15, -0.1) is 0 Å². The normalized spacial score (nSPS) is 20.3. The Morgan fingerprint density at radius 2 is 1.78 bits per heavy atom. The Morgan fingerprint density at radius 3 is 2.50 bits per heavy atom. The Balaban J connectivity index is 0.000000367. The van der Waals surface area contributed by atoms with Crippen LogP contribution in [0.2, 0.25) is 0 Å². The van der Waals surface area contributed by atoms with Gasteiger partial charge in [-0.05, 0) is 49.4 Å². The maximum atomic E-state index is 3.60. The molecule has 1 aromatic rings. The third kappa shape index (κ3) is 3.05. The van der Waals surface area contributed by atoms with E-state index < -0.39 is 0 Å². The summed E-state index contributed by atoms with van der Waals surface area (Å²) in [7, 11) is 0. The first-order valence-electron chi connectivity index (χ1n) is 7.32. The number of benzene rings is 1. The minimum Gasteiger partial charge on any atom is -0.384 e. The summed E-state index contributed by atoms with van der Waals surface area (Å²) in [4.78, 5) is 0. The molecule has 0 bridgehead atoms. The van der Waals surface area contributed by atoms with E-state index >= 15 is 0 Å². The Bertz CT molecular complexity index is 367. The van der Waals surface area contributed by atoms with E-state index in [2.05, 4.69) is 48.7 Å². The molecular weight excluding hydrogens is 220 g/mol. The second kappa shape index (κ2) is 6.24. The van der Waals surface area contributed by atoms with E-state index in [0.29, 0.717) is 5.41 Å². The zero-order valence-electron chi connectivity index (χ0n) is 11.8. The molecular formula is C16H26N2. The van der Waals surface area contributed by atoms with Crippen molar-refractivity contribution in [1.29, 1.82) is 0 Å². The average Bonchev–Trinajstić information content (AvgIpc) is 2.40. The summed E-state index contributed by atoms with van der Waals surface area (Å²) in [5.74, 6) is 0. The first-order chi connectivity index (χ1) is 8.79. The van der Waals surface area contributed by atoms with Crippen LogP contribution in [-0.2, 0) is 6.42 Å². The van der Waals surface area contributed by atoms with Crippen molar-refractivity contribution < 1.29 is 0 Å². The minimum atomic E-state index is 0.527. The number of para-hydroxylation sites is 1. The fraction of sp³-hybridized carbons (Fsp3) is 0.625. The monoisotopic (exact) mass is 246 g/mol. The van der Waals surface area contributed by atoms with Crippen LogP contribution in [0.4, 0.5) is 5.69 Å². The van der Waals surface area contributed by atoms with Crippen molar-refractivity contribution in [1.82, 2.24) is 5.32 Å². The van der Waals surface area contributed by atoms with Gasteiger partial charge in [0, 0.05) is 12.2 Å². The second-order valence-corrected chi connectivity index (χ2v) is 5.64. The molecule has 0 unspecified atom stereocenters. The third-order valence-electron chi connectivity index (χ3n) is 3.90. The van der Waals surface area contributed by atoms with Crippen molar-refractivity contribution in [3.8, 4) is 0 Å². The molecule has 3 rings (SSSR count). The number of anilines is 1. The molecule has 1 saturated heterocycles. The second-order valence-electron chi connectivity index (χ2n) is 5.64. The largest absolute Gasteiger partial charge is 0.384 e. The molecule has 0 aliphatic carbocycles. The predicted octanol–water partition coefficient (Wildman–Crippen LogP) is 3.44. The van der Waals surface area contributed by atoms with Crippen molar-refractivity contribution in [2.24, 2.45) is 5.41 Å². The molecule has 2 N–H and O–H groups in total. The molecule has 0 aromatic heterocycles. The number of piperidine rings is 1. The van der Waals surface area contributed by atoms with Gasteiger partial charge in [0.1, 0.15) is 0 Å². The van der Waals surface area contributed by atoms with Crippen LogP contribution in [0.5, 0.6) is 0 Å². The van der Waals surface area contributed by atoms with Crippen molar-refractivity contribution in [2.45, 2.75) is 39.5 Å². The van der Waals surface area contributed by atoms with Gasteiger partial charge in [0.05, 0.1) is 0 Å². The lowest BCUT2D eigenvalue weighted by molar-refractivity contribution is 0.212. The summed E-state index contributed by atoms with van der Waals surface area (Å²) in [6, 6.07) is 8.74. The van der Waals surface area contributed by atoms with Gasteiger partial charge in [0.2, 0.25) is 0 Å². The summed E-state index contributed by atoms with van der Waals surface area (Å²) >= 11 is 0. The number of hydrogen-bond donors (Lipinski definition) is 2. The molecule has 0 saturated carbocycles. The molecule has 2 heterocycles. The van der Waals surface area contributed by atoms with Crippen LogP contribution in [0.3, 0.4) is 0 Å². The van der Waals surface area contributed by atoms with Crippen LogP contribution in [-0.4, -0.2) is 19.6 Å². The molecule has 2 nitrogen and oxygen atoms in total. The summed E-state index contributed by atoms with van der Waals surface area (Å²) in [5, 5.41) is 7.05. The van der Waals surface area contributed by atoms with Crippen LogP contribution in [0, 0.1) is 5.41 Å². The van der Waals surface area contributed by atoms with Gasteiger partial charge in [-0.1, -0.05) is 38.5 Å². The Kier molecular flexibility index (Phi) is 4.65. The van der Waals surface area contributed by atoms with Crippen LogP contribution >= 0.6 is 0 Å². The van der Waals surface area contributed by atoms with E-state index in [1.54, 1.807) is 0 Å². The maximum absolute atomic E-state index is 3.60. The molecule has 1 fully saturated rings. The lowest BCUT2D eigenvalue weighted by Crippen LogP contribution is -2.44. The highest BCUT2D eigenvalue weighted by Gasteiger charge is 2.35. The third-order valence-corrected chi connectivity index (χ3v) is 3.90. The van der Waals surface area contributed by atoms with Crippen molar-refractivity contribution in [3.05, 3.63) is 29.8 Å². The molecule has 0 amide bonds. The average molecular weight is 246 g/mol. The molecule has 1 aromatic carbocycles. The number of hydrogen-bond acceptors (Lipinski definition) is 2. The van der Waals surface area contributed by atoms with Crippen LogP contribution in [0.1, 0.15) is 38.7 Å². The minimum absolute atomic E-state index is 0.527. The van der Waals surface area contributed by atoms with Gasteiger partial charge >= 0.3 is 0 Å². The van der Waals surface area contributed by atoms with Gasteiger partial charge in [-0.3, -0.25) is 0 Å². The van der Waals surface area contributed by atoms with Gasteiger partial charge < -0.3 is 10.6 Å². The molecule has 2 aliphatic rings. The molecule has 0 atom stereocenters. The summed E-state index contributed by atoms with van der Waals surface area (Å²) < 4.78 is 0. The van der Waals surface area contributed by atoms with E-state index in [1.165, 1.54) is 50.0 Å². The SMILES string of the molecule is CCC.c1ccc2c(c1)CC1(CCNCC1)CN2. The van der Waals surface area contributed by atoms with Crippen LogP contribution in [0.15, 0.2) is 24.3 Å². The number of fused-ring (bicyclic) bond motifs is 1. The molecule has 18 heavy (non-hydrogen) atoms. The molecule has 2 aliphatic heterocycles. The summed E-state index contributed by atoms with van der Waals surface area (Å²) in [6.45, 7) is 7.78. The van der Waals surface area contributed by atoms with E-state index in [9.17, 15) is 0 Å². The number of nitrogens with one attached hydrogen (secondary N) is 2. The fourth-order valence-corrected chi connectivity index (χ4v) is 2.91.